The molecule has 0 aromatic rings. The summed E-state index contributed by atoms with van der Waals surface area (Å²) in [5.41, 5.74) is 0.540. The molecule has 0 amide bonds. The van der Waals surface area contributed by atoms with Crippen LogP contribution in [0.15, 0.2) is 0 Å². The highest BCUT2D eigenvalue weighted by molar-refractivity contribution is 4.88. The van der Waals surface area contributed by atoms with Gasteiger partial charge in [-0.15, -0.1) is 0 Å². The zero-order chi connectivity index (χ0) is 11.1. The lowest BCUT2D eigenvalue weighted by molar-refractivity contribution is 0.0431. The second kappa shape index (κ2) is 6.52. The lowest BCUT2D eigenvalue weighted by Gasteiger charge is -2.44. The van der Waals surface area contributed by atoms with E-state index in [9.17, 15) is 5.11 Å². The molecule has 1 fully saturated rings. The molecule has 2 unspecified atom stereocenters. The summed E-state index contributed by atoms with van der Waals surface area (Å²) in [5, 5.41) is 10.9. The van der Waals surface area contributed by atoms with Gasteiger partial charge < -0.3 is 0 Å². The molecule has 0 aromatic carbocycles. The van der Waals surface area contributed by atoms with Crippen molar-refractivity contribution in [1.82, 2.24) is 0 Å². The van der Waals surface area contributed by atoms with Crippen LogP contribution in [-0.4, -0.2) is 6.61 Å². The molecule has 15 heavy (non-hydrogen) atoms. The number of hydrogen-bond donors (Lipinski definition) is 0. The third-order valence-corrected chi connectivity index (χ3v) is 4.54. The Morgan fingerprint density at radius 3 is 2.67 bits per heavy atom. The van der Waals surface area contributed by atoms with Crippen molar-refractivity contribution in [3.05, 3.63) is 0 Å². The highest BCUT2D eigenvalue weighted by Crippen LogP contribution is 2.48. The summed E-state index contributed by atoms with van der Waals surface area (Å²) in [6, 6.07) is 0. The van der Waals surface area contributed by atoms with Gasteiger partial charge in [0.25, 0.3) is 0 Å². The van der Waals surface area contributed by atoms with Gasteiger partial charge in [-0.05, 0) is 37.0 Å². The van der Waals surface area contributed by atoms with Crippen LogP contribution >= 0.6 is 0 Å². The summed E-state index contributed by atoms with van der Waals surface area (Å²) in [7, 11) is 0. The van der Waals surface area contributed by atoms with Crippen molar-refractivity contribution in [3.8, 4) is 0 Å². The maximum absolute atomic E-state index is 10.9. The Morgan fingerprint density at radius 2 is 2.07 bits per heavy atom. The van der Waals surface area contributed by atoms with Crippen molar-refractivity contribution in [2.45, 2.75) is 71.6 Å². The SMILES string of the molecule is CCCCC1(CC)CCCCC1CC[O]. The fourth-order valence-electron chi connectivity index (χ4n) is 3.47. The zero-order valence-electron chi connectivity index (χ0n) is 10.6. The van der Waals surface area contributed by atoms with Crippen LogP contribution in [-0.2, 0) is 5.11 Å². The quantitative estimate of drug-likeness (QED) is 0.612. The van der Waals surface area contributed by atoms with Gasteiger partial charge >= 0.3 is 0 Å². The summed E-state index contributed by atoms with van der Waals surface area (Å²) >= 11 is 0. The average molecular weight is 211 g/mol. The van der Waals surface area contributed by atoms with Gasteiger partial charge in [-0.25, -0.2) is 5.11 Å². The van der Waals surface area contributed by atoms with Gasteiger partial charge in [0, 0.05) is 0 Å². The molecule has 1 radical (unpaired) electrons. The van der Waals surface area contributed by atoms with E-state index in [2.05, 4.69) is 13.8 Å². The van der Waals surface area contributed by atoms with Crippen molar-refractivity contribution >= 4 is 0 Å². The van der Waals surface area contributed by atoms with Gasteiger partial charge in [0.05, 0.1) is 6.61 Å². The normalized spacial score (nSPS) is 31.8. The molecule has 0 heterocycles. The van der Waals surface area contributed by atoms with E-state index in [1.807, 2.05) is 0 Å². The van der Waals surface area contributed by atoms with Crippen LogP contribution in [0.5, 0.6) is 0 Å². The van der Waals surface area contributed by atoms with Crippen LogP contribution < -0.4 is 0 Å². The van der Waals surface area contributed by atoms with E-state index in [0.29, 0.717) is 5.41 Å². The lowest BCUT2D eigenvalue weighted by Crippen LogP contribution is -2.34. The summed E-state index contributed by atoms with van der Waals surface area (Å²) in [6.07, 6.45) is 11.7. The Bertz CT molecular complexity index is 165. The highest BCUT2D eigenvalue weighted by Gasteiger charge is 2.37. The van der Waals surface area contributed by atoms with Crippen molar-refractivity contribution < 1.29 is 5.11 Å². The van der Waals surface area contributed by atoms with E-state index < -0.39 is 0 Å². The highest BCUT2D eigenvalue weighted by atomic mass is 16.3. The summed E-state index contributed by atoms with van der Waals surface area (Å²) in [4.78, 5) is 0. The van der Waals surface area contributed by atoms with E-state index in [-0.39, 0.29) is 6.61 Å². The van der Waals surface area contributed by atoms with E-state index in [1.54, 1.807) is 0 Å². The predicted molar refractivity (Wildman–Crippen MR) is 64.4 cm³/mol. The topological polar surface area (TPSA) is 19.9 Å². The number of unbranched alkanes of at least 4 members (excludes halogenated alkanes) is 1. The average Bonchev–Trinajstić information content (AvgIpc) is 2.29. The molecule has 0 saturated heterocycles. The molecule has 1 rings (SSSR count). The molecular weight excluding hydrogens is 184 g/mol. The minimum atomic E-state index is 0.137. The summed E-state index contributed by atoms with van der Waals surface area (Å²) in [6.45, 7) is 4.74. The van der Waals surface area contributed by atoms with E-state index in [1.165, 1.54) is 51.4 Å². The Labute approximate surface area is 95.3 Å². The van der Waals surface area contributed by atoms with Gasteiger partial charge in [0.15, 0.2) is 0 Å². The maximum atomic E-state index is 10.9. The van der Waals surface area contributed by atoms with Crippen LogP contribution in [0.1, 0.15) is 71.6 Å². The first-order valence-electron chi connectivity index (χ1n) is 6.87. The lowest BCUT2D eigenvalue weighted by atomic mass is 9.61. The van der Waals surface area contributed by atoms with Gasteiger partial charge in [0.1, 0.15) is 0 Å². The van der Waals surface area contributed by atoms with Crippen LogP contribution in [0.3, 0.4) is 0 Å². The first-order chi connectivity index (χ1) is 7.29. The van der Waals surface area contributed by atoms with E-state index in [0.717, 1.165) is 12.3 Å². The first-order valence-corrected chi connectivity index (χ1v) is 6.87. The van der Waals surface area contributed by atoms with E-state index >= 15 is 0 Å². The molecule has 1 aliphatic rings. The van der Waals surface area contributed by atoms with Crippen molar-refractivity contribution in [2.75, 3.05) is 6.61 Å². The minimum Gasteiger partial charge on any atom is -0.237 e. The molecule has 0 bridgehead atoms. The monoisotopic (exact) mass is 211 g/mol. The molecule has 0 aliphatic heterocycles. The predicted octanol–water partition coefficient (Wildman–Crippen LogP) is 4.58. The van der Waals surface area contributed by atoms with Gasteiger partial charge in [-0.3, -0.25) is 0 Å². The molecule has 0 N–H and O–H groups in total. The fraction of sp³-hybridized carbons (Fsp3) is 1.00. The largest absolute Gasteiger partial charge is 0.237 e. The Morgan fingerprint density at radius 1 is 1.27 bits per heavy atom. The second-order valence-corrected chi connectivity index (χ2v) is 5.25. The van der Waals surface area contributed by atoms with Gasteiger partial charge in [-0.1, -0.05) is 46.0 Å². The summed E-state index contributed by atoms with van der Waals surface area (Å²) < 4.78 is 0. The molecule has 1 nitrogen and oxygen atoms in total. The van der Waals surface area contributed by atoms with Gasteiger partial charge in [-0.2, -0.15) is 0 Å². The smallest absolute Gasteiger partial charge is 0.0825 e. The maximum Gasteiger partial charge on any atom is 0.0825 e. The standard InChI is InChI=1S/C14H27O/c1-3-5-10-14(4-2)11-7-6-8-13(14)9-12-15/h13H,3-12H2,1-2H3. The Hall–Kier alpha value is -0.0400. The Balaban J connectivity index is 2.61. The molecule has 0 aromatic heterocycles. The summed E-state index contributed by atoms with van der Waals surface area (Å²) in [5.74, 6) is 0.736. The third kappa shape index (κ3) is 3.21. The first kappa shape index (κ1) is 13.0. The molecule has 1 heteroatoms. The van der Waals surface area contributed by atoms with Crippen LogP contribution in [0, 0.1) is 11.3 Å². The Kier molecular flexibility index (Phi) is 5.66. The number of rotatable bonds is 6. The second-order valence-electron chi connectivity index (χ2n) is 5.25. The van der Waals surface area contributed by atoms with E-state index in [4.69, 9.17) is 0 Å². The van der Waals surface area contributed by atoms with Crippen LogP contribution in [0.25, 0.3) is 0 Å². The van der Waals surface area contributed by atoms with Crippen LogP contribution in [0.2, 0.25) is 0 Å². The number of hydrogen-bond acceptors (Lipinski definition) is 0. The molecule has 1 saturated carbocycles. The molecule has 89 valence electrons. The molecule has 2 atom stereocenters. The molecular formula is C14H27O. The van der Waals surface area contributed by atoms with Crippen LogP contribution in [0.4, 0.5) is 0 Å². The van der Waals surface area contributed by atoms with Crippen molar-refractivity contribution in [2.24, 2.45) is 11.3 Å². The zero-order valence-corrected chi connectivity index (χ0v) is 10.6. The minimum absolute atomic E-state index is 0.137. The van der Waals surface area contributed by atoms with Gasteiger partial charge in [0.2, 0.25) is 0 Å². The van der Waals surface area contributed by atoms with Crippen molar-refractivity contribution in [3.63, 3.8) is 0 Å². The van der Waals surface area contributed by atoms with Crippen molar-refractivity contribution in [1.29, 1.82) is 0 Å². The third-order valence-electron chi connectivity index (χ3n) is 4.54. The molecule has 1 aliphatic carbocycles. The fourth-order valence-corrected chi connectivity index (χ4v) is 3.47. The molecule has 0 spiro atoms.